The Bertz CT molecular complexity index is 1280. The summed E-state index contributed by atoms with van der Waals surface area (Å²) >= 11 is 0. The summed E-state index contributed by atoms with van der Waals surface area (Å²) in [6.07, 6.45) is -1.14. The summed E-state index contributed by atoms with van der Waals surface area (Å²) in [5.74, 6) is -1.07. The second-order valence-electron chi connectivity index (χ2n) is 9.43. The van der Waals surface area contributed by atoms with E-state index < -0.39 is 29.5 Å². The van der Waals surface area contributed by atoms with Crippen LogP contribution < -0.4 is 5.32 Å². The van der Waals surface area contributed by atoms with Crippen LogP contribution in [0.25, 0.3) is 10.9 Å². The molecule has 6 nitrogen and oxygen atoms in total. The van der Waals surface area contributed by atoms with Crippen molar-refractivity contribution >= 4 is 22.5 Å². The lowest BCUT2D eigenvalue weighted by Gasteiger charge is -2.39. The number of halogens is 4. The van der Waals surface area contributed by atoms with E-state index in [4.69, 9.17) is 4.74 Å². The van der Waals surface area contributed by atoms with Crippen molar-refractivity contribution < 1.29 is 27.1 Å². The molecule has 0 radical (unpaired) electrons. The zero-order chi connectivity index (χ0) is 25.4. The van der Waals surface area contributed by atoms with Gasteiger partial charge in [-0.25, -0.2) is 17.6 Å². The van der Waals surface area contributed by atoms with Crippen molar-refractivity contribution in [2.75, 3.05) is 31.6 Å². The van der Waals surface area contributed by atoms with Gasteiger partial charge in [-0.1, -0.05) is 24.3 Å². The first-order valence-corrected chi connectivity index (χ1v) is 11.9. The van der Waals surface area contributed by atoms with Crippen molar-refractivity contribution in [1.82, 2.24) is 15.1 Å². The van der Waals surface area contributed by atoms with Crippen LogP contribution in [0.15, 0.2) is 42.6 Å². The predicted octanol–water partition coefficient (Wildman–Crippen LogP) is 5.31. The number of likely N-dealkylation sites (tertiary alicyclic amines) is 1. The summed E-state index contributed by atoms with van der Waals surface area (Å²) < 4.78 is 62.1. The van der Waals surface area contributed by atoms with Gasteiger partial charge in [0.05, 0.1) is 48.1 Å². The molecule has 2 saturated heterocycles. The first-order chi connectivity index (χ1) is 17.3. The van der Waals surface area contributed by atoms with Crippen molar-refractivity contribution in [3.8, 4) is 0 Å². The molecule has 1 amide bonds. The van der Waals surface area contributed by atoms with E-state index in [1.165, 1.54) is 18.3 Å². The normalized spacial score (nSPS) is 18.8. The standard InChI is InChI=1S/C26H26F4N4O2/c1-15(18-3-2-4-19(23(18)27)24(28)29)32-22-12-31-33-21-6-5-17(11-20(21)22)26(30)7-9-34(10-8-26)25(35)16-13-36-14-16/h2-6,11-12,15-16,24H,7-10,13-14H2,1H3,(H,32,33)/t15-/m1/s1. The van der Waals surface area contributed by atoms with Crippen LogP contribution in [0.3, 0.4) is 0 Å². The lowest BCUT2D eigenvalue weighted by atomic mass is 9.85. The second kappa shape index (κ2) is 9.65. The molecule has 0 unspecified atom stereocenters. The fourth-order valence-corrected chi connectivity index (χ4v) is 4.84. The van der Waals surface area contributed by atoms with Gasteiger partial charge in [0.1, 0.15) is 11.5 Å². The molecule has 0 bridgehead atoms. The van der Waals surface area contributed by atoms with Gasteiger partial charge < -0.3 is 15.0 Å². The number of nitrogens with one attached hydrogen (secondary N) is 1. The molecule has 0 spiro atoms. The van der Waals surface area contributed by atoms with Gasteiger partial charge in [0, 0.05) is 36.9 Å². The van der Waals surface area contributed by atoms with Crippen molar-refractivity contribution in [2.45, 2.75) is 37.9 Å². The van der Waals surface area contributed by atoms with E-state index in [1.807, 2.05) is 0 Å². The van der Waals surface area contributed by atoms with Crippen LogP contribution >= 0.6 is 0 Å². The van der Waals surface area contributed by atoms with Crippen molar-refractivity contribution in [3.63, 3.8) is 0 Å². The van der Waals surface area contributed by atoms with E-state index in [1.54, 1.807) is 30.0 Å². The first-order valence-electron chi connectivity index (χ1n) is 11.9. The summed E-state index contributed by atoms with van der Waals surface area (Å²) in [6.45, 7) is 3.14. The maximum atomic E-state index is 16.1. The monoisotopic (exact) mass is 502 g/mol. The maximum absolute atomic E-state index is 16.1. The molecular formula is C26H26F4N4O2. The molecule has 2 aromatic carbocycles. The number of nitrogens with zero attached hydrogens (tertiary/aromatic N) is 3. The van der Waals surface area contributed by atoms with E-state index in [-0.39, 0.29) is 30.2 Å². The predicted molar refractivity (Wildman–Crippen MR) is 126 cm³/mol. The third kappa shape index (κ3) is 4.50. The number of carbonyl (C=O) groups is 1. The zero-order valence-corrected chi connectivity index (χ0v) is 19.7. The number of ether oxygens (including phenoxy) is 1. The number of benzene rings is 2. The number of amides is 1. The zero-order valence-electron chi connectivity index (χ0n) is 19.7. The third-order valence-corrected chi connectivity index (χ3v) is 7.14. The van der Waals surface area contributed by atoms with E-state index in [2.05, 4.69) is 15.5 Å². The molecule has 190 valence electrons. The van der Waals surface area contributed by atoms with E-state index in [0.29, 0.717) is 48.5 Å². The Morgan fingerprint density at radius 3 is 2.56 bits per heavy atom. The van der Waals surface area contributed by atoms with E-state index >= 15 is 4.39 Å². The van der Waals surface area contributed by atoms with Gasteiger partial charge in [-0.05, 0) is 24.6 Å². The van der Waals surface area contributed by atoms with E-state index in [9.17, 15) is 18.0 Å². The maximum Gasteiger partial charge on any atom is 0.266 e. The van der Waals surface area contributed by atoms with Crippen LogP contribution in [-0.4, -0.2) is 47.3 Å². The average Bonchev–Trinajstić information content (AvgIpc) is 2.83. The van der Waals surface area contributed by atoms with Crippen LogP contribution in [0.4, 0.5) is 23.2 Å². The summed E-state index contributed by atoms with van der Waals surface area (Å²) in [4.78, 5) is 14.2. The number of fused-ring (bicyclic) bond motifs is 1. The average molecular weight is 503 g/mol. The van der Waals surface area contributed by atoms with Crippen LogP contribution in [0, 0.1) is 11.7 Å². The summed E-state index contributed by atoms with van der Waals surface area (Å²) in [5.41, 5.74) is -0.731. The highest BCUT2D eigenvalue weighted by molar-refractivity contribution is 5.91. The highest BCUT2D eigenvalue weighted by atomic mass is 19.3. The highest BCUT2D eigenvalue weighted by Gasteiger charge is 2.40. The molecule has 1 atom stereocenters. The number of carbonyl (C=O) groups excluding carboxylic acids is 1. The minimum atomic E-state index is -2.92. The van der Waals surface area contributed by atoms with E-state index in [0.717, 1.165) is 6.07 Å². The van der Waals surface area contributed by atoms with Gasteiger partial charge in [-0.2, -0.15) is 10.2 Å². The largest absolute Gasteiger partial charge is 0.380 e. The number of hydrogen-bond donors (Lipinski definition) is 1. The molecular weight excluding hydrogens is 476 g/mol. The van der Waals surface area contributed by atoms with Gasteiger partial charge >= 0.3 is 0 Å². The minimum Gasteiger partial charge on any atom is -0.380 e. The molecule has 1 N–H and O–H groups in total. The number of hydrogen-bond acceptors (Lipinski definition) is 5. The Morgan fingerprint density at radius 1 is 1.17 bits per heavy atom. The van der Waals surface area contributed by atoms with Gasteiger partial charge in [-0.15, -0.1) is 0 Å². The summed E-state index contributed by atoms with van der Waals surface area (Å²) in [6, 6.07) is 8.28. The Labute approximate surface area is 205 Å². The Balaban J connectivity index is 1.38. The minimum absolute atomic E-state index is 0.0145. The smallest absolute Gasteiger partial charge is 0.266 e. The molecule has 2 aliphatic heterocycles. The van der Waals surface area contributed by atoms with Crippen LogP contribution in [0.1, 0.15) is 48.9 Å². The van der Waals surface area contributed by atoms with Crippen LogP contribution in [0.5, 0.6) is 0 Å². The lowest BCUT2D eigenvalue weighted by Crippen LogP contribution is -2.49. The lowest BCUT2D eigenvalue weighted by molar-refractivity contribution is -0.152. The molecule has 10 heteroatoms. The summed E-state index contributed by atoms with van der Waals surface area (Å²) in [5, 5.41) is 11.8. The van der Waals surface area contributed by atoms with Gasteiger partial charge in [0.25, 0.3) is 6.43 Å². The Morgan fingerprint density at radius 2 is 1.89 bits per heavy atom. The molecule has 3 heterocycles. The molecule has 0 saturated carbocycles. The number of alkyl halides is 3. The molecule has 2 aliphatic rings. The quantitative estimate of drug-likeness (QED) is 0.463. The molecule has 3 aromatic rings. The molecule has 5 rings (SSSR count). The third-order valence-electron chi connectivity index (χ3n) is 7.14. The SMILES string of the molecule is C[C@@H](Nc1cnnc2ccc(C3(F)CCN(C(=O)C4COC4)CC3)cc12)c1cccc(C(F)F)c1F. The number of rotatable bonds is 6. The van der Waals surface area contributed by atoms with Crippen molar-refractivity contribution in [2.24, 2.45) is 5.92 Å². The van der Waals surface area contributed by atoms with Gasteiger partial charge in [0.15, 0.2) is 0 Å². The summed E-state index contributed by atoms with van der Waals surface area (Å²) in [7, 11) is 0. The van der Waals surface area contributed by atoms with Crippen molar-refractivity contribution in [1.29, 1.82) is 0 Å². The highest BCUT2D eigenvalue weighted by Crippen LogP contribution is 2.40. The topological polar surface area (TPSA) is 67.4 Å². The number of aromatic nitrogens is 2. The molecule has 36 heavy (non-hydrogen) atoms. The molecule has 1 aromatic heterocycles. The van der Waals surface area contributed by atoms with Crippen LogP contribution in [-0.2, 0) is 15.2 Å². The fraction of sp³-hybridized carbons (Fsp3) is 0.423. The van der Waals surface area contributed by atoms with Crippen LogP contribution in [0.2, 0.25) is 0 Å². The fourth-order valence-electron chi connectivity index (χ4n) is 4.84. The van der Waals surface area contributed by atoms with Gasteiger partial charge in [-0.3, -0.25) is 4.79 Å². The first kappa shape index (κ1) is 24.4. The van der Waals surface area contributed by atoms with Gasteiger partial charge in [0.2, 0.25) is 5.91 Å². The Kier molecular flexibility index (Phi) is 6.55. The Hall–Kier alpha value is -3.27. The van der Waals surface area contributed by atoms with Crippen molar-refractivity contribution in [3.05, 3.63) is 65.1 Å². The number of anilines is 1. The molecule has 2 fully saturated rings. The second-order valence-corrected chi connectivity index (χ2v) is 9.43. The number of piperidine rings is 1. The molecule has 0 aliphatic carbocycles.